The number of aromatic nitrogens is 1. The zero-order valence-electron chi connectivity index (χ0n) is 15.5. The van der Waals surface area contributed by atoms with Crippen molar-refractivity contribution in [3.63, 3.8) is 0 Å². The first-order valence-corrected chi connectivity index (χ1v) is 9.53. The van der Waals surface area contributed by atoms with Gasteiger partial charge in [0.05, 0.1) is 7.11 Å². The average molecular weight is 353 g/mol. The van der Waals surface area contributed by atoms with Crippen molar-refractivity contribution in [2.75, 3.05) is 26.7 Å². The molecule has 1 saturated heterocycles. The maximum absolute atomic E-state index is 12.8. The number of nitrogens with one attached hydrogen (secondary N) is 2. The predicted molar refractivity (Wildman–Crippen MR) is 104 cm³/mol. The van der Waals surface area contributed by atoms with Crippen molar-refractivity contribution in [1.82, 2.24) is 15.2 Å². The third kappa shape index (κ3) is 3.17. The summed E-state index contributed by atoms with van der Waals surface area (Å²) in [6.45, 7) is 6.58. The van der Waals surface area contributed by atoms with Crippen LogP contribution in [0.2, 0.25) is 0 Å². The zero-order chi connectivity index (χ0) is 18.1. The molecular formula is C21H27N3O2. The van der Waals surface area contributed by atoms with Gasteiger partial charge in [-0.3, -0.25) is 4.79 Å². The molecule has 0 saturated carbocycles. The number of rotatable bonds is 5. The number of hydrogen-bond acceptors (Lipinski definition) is 4. The second-order valence-corrected chi connectivity index (χ2v) is 7.38. The van der Waals surface area contributed by atoms with Crippen LogP contribution in [-0.2, 0) is 13.1 Å². The smallest absolute Gasteiger partial charge is 0.251 e. The molecular weight excluding hydrogens is 326 g/mol. The molecule has 0 spiro atoms. The van der Waals surface area contributed by atoms with Crippen LogP contribution in [0.5, 0.6) is 5.75 Å². The topological polar surface area (TPSA) is 55.3 Å². The molecule has 138 valence electrons. The number of benzene rings is 1. The summed E-state index contributed by atoms with van der Waals surface area (Å²) in [5, 5.41) is 6.87. The molecule has 0 aliphatic carbocycles. The van der Waals surface area contributed by atoms with E-state index in [9.17, 15) is 4.79 Å². The number of hydrogen-bond donors (Lipinski definition) is 2. The van der Waals surface area contributed by atoms with Crippen LogP contribution in [0.1, 0.15) is 30.5 Å². The normalized spacial score (nSPS) is 21.3. The minimum Gasteiger partial charge on any atom is -0.496 e. The van der Waals surface area contributed by atoms with Crippen molar-refractivity contribution in [3.05, 3.63) is 51.9 Å². The van der Waals surface area contributed by atoms with E-state index < -0.39 is 0 Å². The average Bonchev–Trinajstić information content (AvgIpc) is 2.67. The number of nitrogens with zero attached hydrogens (tertiary/aromatic N) is 1. The minimum absolute atomic E-state index is 0.123. The van der Waals surface area contributed by atoms with E-state index >= 15 is 0 Å². The Balaban J connectivity index is 1.75. The lowest BCUT2D eigenvalue weighted by molar-refractivity contribution is 0.257. The molecule has 26 heavy (non-hydrogen) atoms. The SMILES string of the molecule is CCNCc1cc(-c2cc3n(c(=O)c2)C[C@@H]2CNC[C@H]3C2)ccc1OC. The Morgan fingerprint density at radius 1 is 1.23 bits per heavy atom. The molecule has 2 N–H and O–H groups in total. The number of methoxy groups -OCH3 is 1. The van der Waals surface area contributed by atoms with Gasteiger partial charge in [-0.15, -0.1) is 0 Å². The van der Waals surface area contributed by atoms with Crippen LogP contribution < -0.4 is 20.9 Å². The van der Waals surface area contributed by atoms with E-state index in [-0.39, 0.29) is 5.56 Å². The Hall–Kier alpha value is -2.11. The first-order chi connectivity index (χ1) is 12.7. The van der Waals surface area contributed by atoms with Crippen LogP contribution in [0.4, 0.5) is 0 Å². The molecule has 2 aromatic rings. The van der Waals surface area contributed by atoms with Gasteiger partial charge in [0.2, 0.25) is 0 Å². The van der Waals surface area contributed by atoms with E-state index in [1.165, 1.54) is 12.1 Å². The fourth-order valence-corrected chi connectivity index (χ4v) is 4.33. The number of fused-ring (bicyclic) bond motifs is 4. The Bertz CT molecular complexity index is 859. The van der Waals surface area contributed by atoms with Crippen molar-refractivity contribution in [2.24, 2.45) is 5.92 Å². The minimum atomic E-state index is 0.123. The van der Waals surface area contributed by atoms with Crippen LogP contribution in [0.15, 0.2) is 35.1 Å². The summed E-state index contributed by atoms with van der Waals surface area (Å²) in [6, 6.07) is 10.2. The third-order valence-corrected chi connectivity index (χ3v) is 5.64. The standard InChI is InChI=1S/C21H27N3O2/c1-3-22-12-18-7-15(4-5-20(18)26-2)16-8-19-17-6-14(10-23-11-17)13-24(19)21(25)9-16/h4-5,7-9,14,17,22-23H,3,6,10-13H2,1-2H3/t14-,17+/m0/s1. The van der Waals surface area contributed by atoms with Gasteiger partial charge in [-0.2, -0.15) is 0 Å². The van der Waals surface area contributed by atoms with E-state index in [1.807, 2.05) is 16.7 Å². The van der Waals surface area contributed by atoms with Gasteiger partial charge in [-0.25, -0.2) is 0 Å². The fraction of sp³-hybridized carbons (Fsp3) is 0.476. The Morgan fingerprint density at radius 2 is 2.12 bits per heavy atom. The van der Waals surface area contributed by atoms with E-state index in [0.717, 1.165) is 55.2 Å². The summed E-state index contributed by atoms with van der Waals surface area (Å²) in [4.78, 5) is 12.8. The first-order valence-electron chi connectivity index (χ1n) is 9.53. The van der Waals surface area contributed by atoms with Gasteiger partial charge < -0.3 is 19.9 Å². The van der Waals surface area contributed by atoms with Gasteiger partial charge in [-0.05, 0) is 54.8 Å². The van der Waals surface area contributed by atoms with Crippen LogP contribution in [0.3, 0.4) is 0 Å². The van der Waals surface area contributed by atoms with Crippen molar-refractivity contribution < 1.29 is 4.74 Å². The second kappa shape index (κ2) is 7.25. The summed E-state index contributed by atoms with van der Waals surface area (Å²) < 4.78 is 7.48. The maximum Gasteiger partial charge on any atom is 0.251 e. The molecule has 2 aliphatic rings. The van der Waals surface area contributed by atoms with Crippen LogP contribution in [-0.4, -0.2) is 31.3 Å². The molecule has 0 unspecified atom stereocenters. The molecule has 0 radical (unpaired) electrons. The quantitative estimate of drug-likeness (QED) is 0.866. The maximum atomic E-state index is 12.8. The van der Waals surface area contributed by atoms with Gasteiger partial charge in [0.15, 0.2) is 0 Å². The Morgan fingerprint density at radius 3 is 2.92 bits per heavy atom. The van der Waals surface area contributed by atoms with Crippen LogP contribution >= 0.6 is 0 Å². The van der Waals surface area contributed by atoms with Crippen molar-refractivity contribution in [1.29, 1.82) is 0 Å². The second-order valence-electron chi connectivity index (χ2n) is 7.38. The molecule has 5 heteroatoms. The summed E-state index contributed by atoms with van der Waals surface area (Å²) >= 11 is 0. The van der Waals surface area contributed by atoms with Crippen molar-refractivity contribution >= 4 is 0 Å². The number of piperidine rings is 1. The lowest BCUT2D eigenvalue weighted by Gasteiger charge is -2.37. The Labute approximate surface area is 154 Å². The fourth-order valence-electron chi connectivity index (χ4n) is 4.33. The molecule has 2 aliphatic heterocycles. The van der Waals surface area contributed by atoms with Gasteiger partial charge in [0.25, 0.3) is 5.56 Å². The van der Waals surface area contributed by atoms with E-state index in [0.29, 0.717) is 11.8 Å². The van der Waals surface area contributed by atoms with Crippen molar-refractivity contribution in [2.45, 2.75) is 32.4 Å². The molecule has 4 rings (SSSR count). The van der Waals surface area contributed by atoms with Gasteiger partial charge in [0, 0.05) is 42.9 Å². The summed E-state index contributed by atoms with van der Waals surface area (Å²) in [5.41, 5.74) is 4.50. The molecule has 1 aromatic heterocycles. The van der Waals surface area contributed by atoms with Crippen LogP contribution in [0.25, 0.3) is 11.1 Å². The highest BCUT2D eigenvalue weighted by atomic mass is 16.5. The monoisotopic (exact) mass is 353 g/mol. The first kappa shape index (κ1) is 17.3. The molecule has 2 atom stereocenters. The van der Waals surface area contributed by atoms with E-state index in [2.05, 4.69) is 29.7 Å². The molecule has 2 bridgehead atoms. The highest BCUT2D eigenvalue weighted by Crippen LogP contribution is 2.34. The third-order valence-electron chi connectivity index (χ3n) is 5.64. The van der Waals surface area contributed by atoms with Crippen LogP contribution in [0, 0.1) is 5.92 Å². The molecule has 0 amide bonds. The molecule has 5 nitrogen and oxygen atoms in total. The van der Waals surface area contributed by atoms with Gasteiger partial charge in [0.1, 0.15) is 5.75 Å². The summed E-state index contributed by atoms with van der Waals surface area (Å²) in [7, 11) is 1.70. The van der Waals surface area contributed by atoms with E-state index in [4.69, 9.17) is 4.74 Å². The Kier molecular flexibility index (Phi) is 4.83. The highest BCUT2D eigenvalue weighted by Gasteiger charge is 2.31. The number of ether oxygens (including phenoxy) is 1. The molecule has 3 heterocycles. The summed E-state index contributed by atoms with van der Waals surface area (Å²) in [6.07, 6.45) is 1.18. The van der Waals surface area contributed by atoms with Crippen molar-refractivity contribution in [3.8, 4) is 16.9 Å². The lowest BCUT2D eigenvalue weighted by Crippen LogP contribution is -2.44. The van der Waals surface area contributed by atoms with Gasteiger partial charge in [-0.1, -0.05) is 13.0 Å². The number of pyridine rings is 1. The van der Waals surface area contributed by atoms with E-state index in [1.54, 1.807) is 13.2 Å². The molecule has 1 fully saturated rings. The van der Waals surface area contributed by atoms with Gasteiger partial charge >= 0.3 is 0 Å². The summed E-state index contributed by atoms with van der Waals surface area (Å²) in [5.74, 6) is 1.90. The predicted octanol–water partition coefficient (Wildman–Crippen LogP) is 2.34. The molecule has 1 aromatic carbocycles. The largest absolute Gasteiger partial charge is 0.496 e. The highest BCUT2D eigenvalue weighted by molar-refractivity contribution is 5.66. The zero-order valence-corrected chi connectivity index (χ0v) is 15.5. The lowest BCUT2D eigenvalue weighted by atomic mass is 9.83.